The molecule has 1 unspecified atom stereocenters. The van der Waals surface area contributed by atoms with Gasteiger partial charge in [0.15, 0.2) is 0 Å². The zero-order valence-corrected chi connectivity index (χ0v) is 10.6. The van der Waals surface area contributed by atoms with Crippen molar-refractivity contribution in [1.82, 2.24) is 10.3 Å². The highest BCUT2D eigenvalue weighted by Crippen LogP contribution is 2.29. The Hall–Kier alpha value is -0.480. The van der Waals surface area contributed by atoms with Crippen LogP contribution >= 0.6 is 11.3 Å². The fourth-order valence-corrected chi connectivity index (χ4v) is 3.21. The maximum Gasteiger partial charge on any atom is 0.110 e. The molecule has 0 aromatic carbocycles. The molecule has 2 rings (SSSR count). The van der Waals surface area contributed by atoms with Gasteiger partial charge in [0.05, 0.1) is 18.4 Å². The number of alkyl halides is 1. The van der Waals surface area contributed by atoms with E-state index in [1.165, 1.54) is 34.8 Å². The molecule has 0 fully saturated rings. The molecule has 1 N–H and O–H groups in total. The molecule has 1 aromatic heterocycles. The van der Waals surface area contributed by atoms with Crippen molar-refractivity contribution in [3.8, 4) is 0 Å². The molecule has 1 aliphatic carbocycles. The molecule has 0 bridgehead atoms. The number of nitrogens with one attached hydrogen (secondary N) is 1. The van der Waals surface area contributed by atoms with E-state index < -0.39 is 0 Å². The molecule has 0 radical (unpaired) electrons. The second kappa shape index (κ2) is 5.73. The third-order valence-corrected chi connectivity index (χ3v) is 4.33. The lowest BCUT2D eigenvalue weighted by Crippen LogP contribution is -2.20. The summed E-state index contributed by atoms with van der Waals surface area (Å²) in [6.07, 6.45) is 5.51. The van der Waals surface area contributed by atoms with Gasteiger partial charge in [-0.3, -0.25) is 4.39 Å². The van der Waals surface area contributed by atoms with Crippen LogP contribution in [0.5, 0.6) is 0 Å². The molecule has 16 heavy (non-hydrogen) atoms. The predicted molar refractivity (Wildman–Crippen MR) is 65.8 cm³/mol. The van der Waals surface area contributed by atoms with Gasteiger partial charge < -0.3 is 5.32 Å². The van der Waals surface area contributed by atoms with Gasteiger partial charge in [0.2, 0.25) is 0 Å². The van der Waals surface area contributed by atoms with Crippen LogP contribution in [0.4, 0.5) is 4.39 Å². The van der Waals surface area contributed by atoms with E-state index in [2.05, 4.69) is 12.2 Å². The second-order valence-corrected chi connectivity index (χ2v) is 5.46. The molecule has 2 nitrogen and oxygen atoms in total. The van der Waals surface area contributed by atoms with Crippen molar-refractivity contribution in [3.63, 3.8) is 0 Å². The molecule has 0 aliphatic heterocycles. The minimum atomic E-state index is -0.242. The number of hydrogen-bond acceptors (Lipinski definition) is 3. The van der Waals surface area contributed by atoms with E-state index in [-0.39, 0.29) is 12.7 Å². The van der Waals surface area contributed by atoms with E-state index in [1.807, 2.05) is 11.3 Å². The topological polar surface area (TPSA) is 24.9 Å². The Morgan fingerprint density at radius 2 is 2.25 bits per heavy atom. The van der Waals surface area contributed by atoms with Gasteiger partial charge in [-0.2, -0.15) is 0 Å². The molecular formula is C12H19FN2S. The van der Waals surface area contributed by atoms with Crippen molar-refractivity contribution in [3.05, 3.63) is 15.6 Å². The number of halogens is 1. The normalized spacial score (nSPS) is 17.1. The number of hydrogen-bond donors (Lipinski definition) is 1. The number of rotatable bonds is 5. The standard InChI is InChI=1S/C12H19FN2S/c1-9(14-8-4-7-13)12-15-10-5-2-3-6-11(10)16-12/h9,14H,2-8H2,1H3. The van der Waals surface area contributed by atoms with Crippen molar-refractivity contribution in [1.29, 1.82) is 0 Å². The summed E-state index contributed by atoms with van der Waals surface area (Å²) in [5.74, 6) is 0. The van der Waals surface area contributed by atoms with Crippen molar-refractivity contribution < 1.29 is 4.39 Å². The summed E-state index contributed by atoms with van der Waals surface area (Å²) in [4.78, 5) is 6.16. The number of thiazole rings is 1. The van der Waals surface area contributed by atoms with Crippen LogP contribution in [0.15, 0.2) is 0 Å². The Morgan fingerprint density at radius 3 is 3.00 bits per heavy atom. The lowest BCUT2D eigenvalue weighted by molar-refractivity contribution is 0.445. The van der Waals surface area contributed by atoms with Crippen molar-refractivity contribution in [2.75, 3.05) is 13.2 Å². The monoisotopic (exact) mass is 242 g/mol. The van der Waals surface area contributed by atoms with E-state index in [1.54, 1.807) is 0 Å². The molecule has 1 aromatic rings. The highest BCUT2D eigenvalue weighted by molar-refractivity contribution is 7.11. The second-order valence-electron chi connectivity index (χ2n) is 4.35. The first-order valence-electron chi connectivity index (χ1n) is 6.09. The third-order valence-electron chi connectivity index (χ3n) is 2.99. The van der Waals surface area contributed by atoms with Crippen LogP contribution in [-0.2, 0) is 12.8 Å². The zero-order chi connectivity index (χ0) is 11.4. The van der Waals surface area contributed by atoms with Gasteiger partial charge in [0, 0.05) is 4.88 Å². The van der Waals surface area contributed by atoms with E-state index in [0.717, 1.165) is 13.0 Å². The zero-order valence-electron chi connectivity index (χ0n) is 9.76. The van der Waals surface area contributed by atoms with Crippen molar-refractivity contribution >= 4 is 11.3 Å². The highest BCUT2D eigenvalue weighted by atomic mass is 32.1. The highest BCUT2D eigenvalue weighted by Gasteiger charge is 2.17. The minimum absolute atomic E-state index is 0.242. The average Bonchev–Trinajstić information content (AvgIpc) is 2.73. The largest absolute Gasteiger partial charge is 0.308 e. The SMILES string of the molecule is CC(NCCCF)c1nc2c(s1)CCCC2. The van der Waals surface area contributed by atoms with Gasteiger partial charge in [-0.15, -0.1) is 11.3 Å². The van der Waals surface area contributed by atoms with Gasteiger partial charge in [-0.05, 0) is 45.6 Å². The van der Waals surface area contributed by atoms with Crippen LogP contribution in [0.25, 0.3) is 0 Å². The van der Waals surface area contributed by atoms with Gasteiger partial charge >= 0.3 is 0 Å². The van der Waals surface area contributed by atoms with Gasteiger partial charge in [0.1, 0.15) is 5.01 Å². The molecule has 1 atom stereocenters. The first kappa shape index (κ1) is 12.0. The van der Waals surface area contributed by atoms with Crippen LogP contribution in [0.2, 0.25) is 0 Å². The molecule has 0 spiro atoms. The van der Waals surface area contributed by atoms with Gasteiger partial charge in [0.25, 0.3) is 0 Å². The van der Waals surface area contributed by atoms with Crippen molar-refractivity contribution in [2.24, 2.45) is 0 Å². The lowest BCUT2D eigenvalue weighted by atomic mass is 10.0. The van der Waals surface area contributed by atoms with Crippen LogP contribution < -0.4 is 5.32 Å². The number of fused-ring (bicyclic) bond motifs is 1. The summed E-state index contributed by atoms with van der Waals surface area (Å²) in [5, 5.41) is 4.49. The summed E-state index contributed by atoms with van der Waals surface area (Å²) in [5.41, 5.74) is 1.31. The van der Waals surface area contributed by atoms with Gasteiger partial charge in [-0.1, -0.05) is 0 Å². The summed E-state index contributed by atoms with van der Waals surface area (Å²) in [6.45, 7) is 2.61. The Bertz CT molecular complexity index is 314. The molecule has 4 heteroatoms. The molecule has 1 heterocycles. The summed E-state index contributed by atoms with van der Waals surface area (Å²) >= 11 is 1.83. The first-order valence-corrected chi connectivity index (χ1v) is 6.90. The fraction of sp³-hybridized carbons (Fsp3) is 0.750. The van der Waals surface area contributed by atoms with Crippen LogP contribution in [0.1, 0.15) is 47.8 Å². The first-order chi connectivity index (χ1) is 7.81. The third kappa shape index (κ3) is 2.80. The van der Waals surface area contributed by atoms with E-state index in [9.17, 15) is 4.39 Å². The van der Waals surface area contributed by atoms with Crippen LogP contribution in [-0.4, -0.2) is 18.2 Å². The molecule has 0 saturated heterocycles. The molecule has 90 valence electrons. The Morgan fingerprint density at radius 1 is 1.44 bits per heavy atom. The molecular weight excluding hydrogens is 223 g/mol. The smallest absolute Gasteiger partial charge is 0.110 e. The Kier molecular flexibility index (Phi) is 4.29. The van der Waals surface area contributed by atoms with Gasteiger partial charge in [-0.25, -0.2) is 4.98 Å². The molecule has 0 amide bonds. The summed E-state index contributed by atoms with van der Waals surface area (Å²) in [6, 6.07) is 0.266. The van der Waals surface area contributed by atoms with E-state index in [0.29, 0.717) is 6.42 Å². The van der Waals surface area contributed by atoms with Crippen LogP contribution in [0, 0.1) is 0 Å². The maximum absolute atomic E-state index is 12.0. The average molecular weight is 242 g/mol. The van der Waals surface area contributed by atoms with E-state index >= 15 is 0 Å². The lowest BCUT2D eigenvalue weighted by Gasteiger charge is -2.09. The summed E-state index contributed by atoms with van der Waals surface area (Å²) < 4.78 is 12.0. The van der Waals surface area contributed by atoms with Crippen LogP contribution in [0.3, 0.4) is 0 Å². The quantitative estimate of drug-likeness (QED) is 0.803. The number of nitrogens with zero attached hydrogens (tertiary/aromatic N) is 1. The van der Waals surface area contributed by atoms with Crippen molar-refractivity contribution in [2.45, 2.75) is 45.1 Å². The number of aromatic nitrogens is 1. The Balaban J connectivity index is 1.95. The summed E-state index contributed by atoms with van der Waals surface area (Å²) in [7, 11) is 0. The maximum atomic E-state index is 12.0. The fourth-order valence-electron chi connectivity index (χ4n) is 2.03. The predicted octanol–water partition coefficient (Wildman–Crippen LogP) is 3.03. The molecule has 0 saturated carbocycles. The number of aryl methyl sites for hydroxylation is 2. The molecule has 1 aliphatic rings. The Labute approximate surface area is 100 Å². The minimum Gasteiger partial charge on any atom is -0.308 e. The van der Waals surface area contributed by atoms with E-state index in [4.69, 9.17) is 4.98 Å².